The van der Waals surface area contributed by atoms with Crippen molar-refractivity contribution in [3.63, 3.8) is 0 Å². The number of ether oxygens (including phenoxy) is 1. The van der Waals surface area contributed by atoms with Gasteiger partial charge in [0.2, 0.25) is 11.9 Å². The molecule has 0 radical (unpaired) electrons. The fraction of sp³-hybridized carbons (Fsp3) is 0.467. The Bertz CT molecular complexity index is 632. The van der Waals surface area contributed by atoms with E-state index >= 15 is 0 Å². The molecule has 1 saturated heterocycles. The van der Waals surface area contributed by atoms with Crippen molar-refractivity contribution in [3.8, 4) is 0 Å². The molecular weight excluding hydrogens is 379 g/mol. The minimum Gasteiger partial charge on any atom is -0.377 e. The van der Waals surface area contributed by atoms with Crippen LogP contribution < -0.4 is 9.80 Å². The summed E-state index contributed by atoms with van der Waals surface area (Å²) < 4.78 is 18.6. The van der Waals surface area contributed by atoms with E-state index in [9.17, 15) is 4.39 Å². The van der Waals surface area contributed by atoms with E-state index < -0.39 is 6.67 Å². The SMILES string of the molecule is FCCOC[C@H]1CN(c2ncc(Br)cn2)CCN1c1ncccn1. The summed E-state index contributed by atoms with van der Waals surface area (Å²) in [7, 11) is 0. The summed E-state index contributed by atoms with van der Waals surface area (Å²) in [6.45, 7) is 2.12. The van der Waals surface area contributed by atoms with Gasteiger partial charge in [0.05, 0.1) is 23.7 Å². The second-order valence-electron chi connectivity index (χ2n) is 5.31. The molecule has 0 amide bonds. The van der Waals surface area contributed by atoms with E-state index in [-0.39, 0.29) is 12.6 Å². The largest absolute Gasteiger partial charge is 0.377 e. The van der Waals surface area contributed by atoms with Gasteiger partial charge in [-0.25, -0.2) is 24.3 Å². The maximum Gasteiger partial charge on any atom is 0.225 e. The molecular formula is C15H18BrFN6O. The molecule has 3 heterocycles. The molecule has 1 atom stereocenters. The van der Waals surface area contributed by atoms with Gasteiger partial charge in [0.15, 0.2) is 0 Å². The summed E-state index contributed by atoms with van der Waals surface area (Å²) in [5.41, 5.74) is 0. The smallest absolute Gasteiger partial charge is 0.225 e. The zero-order valence-corrected chi connectivity index (χ0v) is 14.6. The first-order valence-corrected chi connectivity index (χ1v) is 8.47. The van der Waals surface area contributed by atoms with Gasteiger partial charge in [-0.05, 0) is 22.0 Å². The summed E-state index contributed by atoms with van der Waals surface area (Å²) in [5.74, 6) is 1.32. The molecule has 128 valence electrons. The van der Waals surface area contributed by atoms with Gasteiger partial charge in [0, 0.05) is 44.4 Å². The maximum atomic E-state index is 12.3. The number of hydrogen-bond acceptors (Lipinski definition) is 7. The van der Waals surface area contributed by atoms with Crippen LogP contribution in [0.4, 0.5) is 16.3 Å². The van der Waals surface area contributed by atoms with Crippen LogP contribution in [0.2, 0.25) is 0 Å². The number of piperazine rings is 1. The molecule has 2 aromatic rings. The maximum absolute atomic E-state index is 12.3. The van der Waals surface area contributed by atoms with Gasteiger partial charge in [-0.15, -0.1) is 0 Å². The van der Waals surface area contributed by atoms with E-state index in [0.29, 0.717) is 31.6 Å². The summed E-state index contributed by atoms with van der Waals surface area (Å²) in [5, 5.41) is 0. The Morgan fingerprint density at radius 2 is 1.88 bits per heavy atom. The predicted molar refractivity (Wildman–Crippen MR) is 91.9 cm³/mol. The van der Waals surface area contributed by atoms with Gasteiger partial charge in [-0.1, -0.05) is 0 Å². The summed E-state index contributed by atoms with van der Waals surface area (Å²) in [4.78, 5) is 21.5. The zero-order chi connectivity index (χ0) is 16.8. The molecule has 0 spiro atoms. The van der Waals surface area contributed by atoms with Crippen molar-refractivity contribution in [3.05, 3.63) is 35.3 Å². The lowest BCUT2D eigenvalue weighted by molar-refractivity contribution is 0.104. The van der Waals surface area contributed by atoms with Crippen LogP contribution in [-0.4, -0.2) is 65.5 Å². The lowest BCUT2D eigenvalue weighted by Gasteiger charge is -2.41. The summed E-state index contributed by atoms with van der Waals surface area (Å²) >= 11 is 3.34. The van der Waals surface area contributed by atoms with Gasteiger partial charge >= 0.3 is 0 Å². The number of hydrogen-bond donors (Lipinski definition) is 0. The Hall–Kier alpha value is -1.87. The van der Waals surface area contributed by atoms with Crippen molar-refractivity contribution in [2.75, 3.05) is 49.3 Å². The molecule has 0 aliphatic carbocycles. The predicted octanol–water partition coefficient (Wildman–Crippen LogP) is 1.71. The number of nitrogens with zero attached hydrogens (tertiary/aromatic N) is 6. The monoisotopic (exact) mass is 396 g/mol. The van der Waals surface area contributed by atoms with Crippen LogP contribution in [0.15, 0.2) is 35.3 Å². The number of anilines is 2. The molecule has 9 heteroatoms. The first-order valence-electron chi connectivity index (χ1n) is 7.68. The fourth-order valence-electron chi connectivity index (χ4n) is 2.63. The highest BCUT2D eigenvalue weighted by molar-refractivity contribution is 9.10. The Morgan fingerprint density at radius 3 is 2.58 bits per heavy atom. The minimum absolute atomic E-state index is 0.0000492. The first-order chi connectivity index (χ1) is 11.8. The van der Waals surface area contributed by atoms with Crippen molar-refractivity contribution >= 4 is 27.8 Å². The van der Waals surface area contributed by atoms with Crippen molar-refractivity contribution < 1.29 is 9.13 Å². The lowest BCUT2D eigenvalue weighted by atomic mass is 10.2. The molecule has 0 aromatic carbocycles. The van der Waals surface area contributed by atoms with E-state index in [1.807, 2.05) is 0 Å². The van der Waals surface area contributed by atoms with Crippen LogP contribution in [0.5, 0.6) is 0 Å². The molecule has 0 N–H and O–H groups in total. The van der Waals surface area contributed by atoms with Crippen LogP contribution in [0.3, 0.4) is 0 Å². The topological polar surface area (TPSA) is 67.3 Å². The van der Waals surface area contributed by atoms with Gasteiger partial charge < -0.3 is 14.5 Å². The van der Waals surface area contributed by atoms with E-state index in [4.69, 9.17) is 4.74 Å². The molecule has 0 unspecified atom stereocenters. The first kappa shape index (κ1) is 17.0. The van der Waals surface area contributed by atoms with E-state index in [0.717, 1.165) is 11.0 Å². The highest BCUT2D eigenvalue weighted by Gasteiger charge is 2.30. The van der Waals surface area contributed by atoms with Crippen molar-refractivity contribution in [2.45, 2.75) is 6.04 Å². The minimum atomic E-state index is -0.492. The van der Waals surface area contributed by atoms with Crippen molar-refractivity contribution in [2.24, 2.45) is 0 Å². The summed E-state index contributed by atoms with van der Waals surface area (Å²) in [6, 6.07) is 1.78. The molecule has 0 saturated carbocycles. The standard InChI is InChI=1S/C15H18BrFN6O/c16-12-8-20-14(21-9-12)22-5-6-23(15-18-3-1-4-19-15)13(10-22)11-24-7-2-17/h1,3-4,8-9,13H,2,5-7,10-11H2/t13-/m1/s1. The molecule has 0 bridgehead atoms. The van der Waals surface area contributed by atoms with Gasteiger partial charge in [0.1, 0.15) is 6.67 Å². The number of aromatic nitrogens is 4. The van der Waals surface area contributed by atoms with Crippen LogP contribution in [0, 0.1) is 0 Å². The van der Waals surface area contributed by atoms with Crippen LogP contribution in [0.1, 0.15) is 0 Å². The van der Waals surface area contributed by atoms with Crippen molar-refractivity contribution in [1.82, 2.24) is 19.9 Å². The van der Waals surface area contributed by atoms with Gasteiger partial charge in [-0.2, -0.15) is 0 Å². The Morgan fingerprint density at radius 1 is 1.12 bits per heavy atom. The Labute approximate surface area is 148 Å². The van der Waals surface area contributed by atoms with Gasteiger partial charge in [-0.3, -0.25) is 0 Å². The summed E-state index contributed by atoms with van der Waals surface area (Å²) in [6.07, 6.45) is 6.88. The Balaban J connectivity index is 1.74. The zero-order valence-electron chi connectivity index (χ0n) is 13.1. The highest BCUT2D eigenvalue weighted by atomic mass is 79.9. The Kier molecular flexibility index (Phi) is 5.86. The van der Waals surface area contributed by atoms with Gasteiger partial charge in [0.25, 0.3) is 0 Å². The third kappa shape index (κ3) is 4.15. The molecule has 1 fully saturated rings. The molecule has 24 heavy (non-hydrogen) atoms. The van der Waals surface area contributed by atoms with Crippen molar-refractivity contribution in [1.29, 1.82) is 0 Å². The highest BCUT2D eigenvalue weighted by Crippen LogP contribution is 2.20. The third-order valence-corrected chi connectivity index (χ3v) is 4.12. The molecule has 1 aliphatic heterocycles. The normalized spacial score (nSPS) is 18.0. The average Bonchev–Trinajstić information content (AvgIpc) is 2.63. The lowest BCUT2D eigenvalue weighted by Crippen LogP contribution is -2.56. The van der Waals surface area contributed by atoms with E-state index in [1.54, 1.807) is 30.9 Å². The van der Waals surface area contributed by atoms with E-state index in [1.165, 1.54) is 0 Å². The quantitative estimate of drug-likeness (QED) is 0.688. The third-order valence-electron chi connectivity index (χ3n) is 3.71. The molecule has 7 nitrogen and oxygen atoms in total. The molecule has 2 aromatic heterocycles. The number of rotatable bonds is 6. The average molecular weight is 397 g/mol. The molecule has 3 rings (SSSR count). The van der Waals surface area contributed by atoms with Crippen LogP contribution >= 0.6 is 15.9 Å². The van der Waals surface area contributed by atoms with Crippen LogP contribution in [0.25, 0.3) is 0 Å². The fourth-order valence-corrected chi connectivity index (χ4v) is 2.83. The second-order valence-corrected chi connectivity index (χ2v) is 6.22. The number of alkyl halides is 1. The molecule has 1 aliphatic rings. The second kappa shape index (κ2) is 8.29. The van der Waals surface area contributed by atoms with Crippen LogP contribution in [-0.2, 0) is 4.74 Å². The van der Waals surface area contributed by atoms with E-state index in [2.05, 4.69) is 45.7 Å². The number of halogens is 2.